The van der Waals surface area contributed by atoms with Gasteiger partial charge in [0.2, 0.25) is 23.5 Å². The molecule has 2 aromatic rings. The molecule has 1 saturated carbocycles. The zero-order valence-electron chi connectivity index (χ0n) is 19.3. The second-order valence-corrected chi connectivity index (χ2v) is 8.64. The smallest absolute Gasteiger partial charge is 0.289 e. The minimum Gasteiger partial charge on any atom is -0.344 e. The second-order valence-electron chi connectivity index (χ2n) is 8.64. The Hall–Kier alpha value is -3.69. The van der Waals surface area contributed by atoms with Gasteiger partial charge in [-0.15, -0.1) is 0 Å². The van der Waals surface area contributed by atoms with Gasteiger partial charge in [-0.05, 0) is 31.0 Å². The summed E-state index contributed by atoms with van der Waals surface area (Å²) in [5.74, 6) is -6.84. The van der Waals surface area contributed by atoms with E-state index in [1.807, 2.05) is 0 Å². The summed E-state index contributed by atoms with van der Waals surface area (Å²) in [5, 5.41) is 7.47. The molecular formula is C25H28F2N4O4. The molecule has 3 amide bonds. The van der Waals surface area contributed by atoms with Crippen LogP contribution in [-0.2, 0) is 32.1 Å². The molecule has 10 heteroatoms. The first kappa shape index (κ1) is 25.9. The molecule has 1 unspecified atom stereocenters. The number of alkyl halides is 2. The number of nitrogens with one attached hydrogen (secondary N) is 3. The number of aromatic nitrogens is 1. The van der Waals surface area contributed by atoms with Crippen molar-refractivity contribution in [2.75, 3.05) is 0 Å². The Bertz CT molecular complexity index is 1050. The number of pyridine rings is 1. The molecule has 0 radical (unpaired) electrons. The molecule has 8 nitrogen and oxygen atoms in total. The highest BCUT2D eigenvalue weighted by Gasteiger charge is 2.43. The number of halogens is 2. The highest BCUT2D eigenvalue weighted by Crippen LogP contribution is 2.38. The number of carbonyl (C=O) groups is 4. The van der Waals surface area contributed by atoms with Crippen LogP contribution in [0.2, 0.25) is 0 Å². The lowest BCUT2D eigenvalue weighted by Crippen LogP contribution is -2.54. The Morgan fingerprint density at radius 2 is 1.77 bits per heavy atom. The van der Waals surface area contributed by atoms with Gasteiger partial charge in [0, 0.05) is 31.4 Å². The molecule has 0 saturated heterocycles. The van der Waals surface area contributed by atoms with Crippen LogP contribution in [0.15, 0.2) is 54.7 Å². The summed E-state index contributed by atoms with van der Waals surface area (Å²) in [6, 6.07) is 11.7. The van der Waals surface area contributed by atoms with Gasteiger partial charge >= 0.3 is 0 Å². The molecule has 1 aromatic heterocycles. The van der Waals surface area contributed by atoms with Crippen molar-refractivity contribution in [2.45, 2.75) is 57.2 Å². The van der Waals surface area contributed by atoms with Gasteiger partial charge in [0.25, 0.3) is 5.91 Å². The Balaban J connectivity index is 1.63. The fourth-order valence-corrected chi connectivity index (χ4v) is 3.85. The lowest BCUT2D eigenvalue weighted by atomic mass is 10.0. The number of carbonyl (C=O) groups excluding carboxylic acids is 4. The summed E-state index contributed by atoms with van der Waals surface area (Å²) >= 11 is 0. The van der Waals surface area contributed by atoms with Gasteiger partial charge in [-0.1, -0.05) is 36.4 Å². The Morgan fingerprint density at radius 3 is 2.40 bits per heavy atom. The van der Waals surface area contributed by atoms with E-state index in [4.69, 9.17) is 0 Å². The number of rotatable bonds is 10. The molecule has 0 bridgehead atoms. The number of hydrogen-bond acceptors (Lipinski definition) is 5. The standard InChI is InChI=1S/C25H28F2N4O4/c1-16(30-23(34)18-10-11-25(26,27)14-18)22(33)31-20(13-17-7-3-2-4-8-17)21(32)24(35)29-15-19-9-5-6-12-28-19/h2-9,12,16,18,20H,10-11,13-15H2,1H3,(H,29,35)(H,30,34)(H,31,33)/t16-,18?,20-/m1/s1. The number of ketones is 1. The van der Waals surface area contributed by atoms with Crippen molar-refractivity contribution in [3.05, 3.63) is 66.0 Å². The van der Waals surface area contributed by atoms with Crippen LogP contribution in [-0.4, -0.2) is 46.5 Å². The van der Waals surface area contributed by atoms with Crippen molar-refractivity contribution in [1.29, 1.82) is 0 Å². The molecule has 1 aliphatic rings. The average Bonchev–Trinajstić information content (AvgIpc) is 3.22. The Kier molecular flexibility index (Phi) is 8.62. The molecule has 3 N–H and O–H groups in total. The van der Waals surface area contributed by atoms with Crippen molar-refractivity contribution in [3.8, 4) is 0 Å². The number of Topliss-reactive ketones (excluding diaryl/α,β-unsaturated/α-hetero) is 1. The third-order valence-corrected chi connectivity index (χ3v) is 5.82. The van der Waals surface area contributed by atoms with Crippen molar-refractivity contribution in [3.63, 3.8) is 0 Å². The first-order chi connectivity index (χ1) is 16.6. The summed E-state index contributed by atoms with van der Waals surface area (Å²) < 4.78 is 26.9. The normalized spacial score (nSPS) is 18.2. The maximum Gasteiger partial charge on any atom is 0.289 e. The highest BCUT2D eigenvalue weighted by atomic mass is 19.3. The molecule has 3 rings (SSSR count). The van der Waals surface area contributed by atoms with Crippen molar-refractivity contribution in [1.82, 2.24) is 20.9 Å². The molecule has 186 valence electrons. The predicted molar refractivity (Wildman–Crippen MR) is 123 cm³/mol. The molecule has 0 spiro atoms. The predicted octanol–water partition coefficient (Wildman–Crippen LogP) is 1.93. The molecule has 0 aliphatic heterocycles. The first-order valence-corrected chi connectivity index (χ1v) is 11.4. The van der Waals surface area contributed by atoms with Crippen LogP contribution in [0.5, 0.6) is 0 Å². The minimum atomic E-state index is -2.89. The summed E-state index contributed by atoms with van der Waals surface area (Å²) in [4.78, 5) is 54.6. The van der Waals surface area contributed by atoms with Crippen LogP contribution in [0.25, 0.3) is 0 Å². The van der Waals surface area contributed by atoms with Crippen LogP contribution >= 0.6 is 0 Å². The minimum absolute atomic E-state index is 0.0376. The van der Waals surface area contributed by atoms with E-state index in [1.54, 1.807) is 54.7 Å². The molecule has 1 heterocycles. The lowest BCUT2D eigenvalue weighted by molar-refractivity contribution is -0.140. The van der Waals surface area contributed by atoms with Gasteiger partial charge in [0.1, 0.15) is 12.1 Å². The van der Waals surface area contributed by atoms with E-state index < -0.39 is 53.8 Å². The van der Waals surface area contributed by atoms with E-state index in [2.05, 4.69) is 20.9 Å². The highest BCUT2D eigenvalue weighted by molar-refractivity contribution is 6.38. The zero-order chi connectivity index (χ0) is 25.4. The van der Waals surface area contributed by atoms with E-state index in [-0.39, 0.29) is 25.8 Å². The maximum atomic E-state index is 13.4. The van der Waals surface area contributed by atoms with Crippen LogP contribution in [0, 0.1) is 5.92 Å². The number of hydrogen-bond donors (Lipinski definition) is 3. The number of amides is 3. The summed E-state index contributed by atoms with van der Waals surface area (Å²) in [5.41, 5.74) is 1.28. The van der Waals surface area contributed by atoms with Crippen LogP contribution in [0.1, 0.15) is 37.4 Å². The molecular weight excluding hydrogens is 458 g/mol. The van der Waals surface area contributed by atoms with Crippen LogP contribution in [0.3, 0.4) is 0 Å². The number of nitrogens with zero attached hydrogens (tertiary/aromatic N) is 1. The summed E-state index contributed by atoms with van der Waals surface area (Å²) in [7, 11) is 0. The van der Waals surface area contributed by atoms with E-state index in [1.165, 1.54) is 6.92 Å². The van der Waals surface area contributed by atoms with Gasteiger partial charge in [0.05, 0.1) is 12.2 Å². The number of benzene rings is 1. The molecule has 3 atom stereocenters. The monoisotopic (exact) mass is 486 g/mol. The van der Waals surface area contributed by atoms with E-state index in [9.17, 15) is 28.0 Å². The molecule has 1 fully saturated rings. The fraction of sp³-hybridized carbons (Fsp3) is 0.400. The summed E-state index contributed by atoms with van der Waals surface area (Å²) in [6.45, 7) is 1.43. The quantitative estimate of drug-likeness (QED) is 0.444. The van der Waals surface area contributed by atoms with E-state index in [0.717, 1.165) is 0 Å². The Morgan fingerprint density at radius 1 is 1.06 bits per heavy atom. The summed E-state index contributed by atoms with van der Waals surface area (Å²) in [6.07, 6.45) is 0.729. The van der Waals surface area contributed by atoms with Gasteiger partial charge in [-0.25, -0.2) is 8.78 Å². The SMILES string of the molecule is C[C@@H](NC(=O)C1CCC(F)(F)C1)C(=O)N[C@H](Cc1ccccc1)C(=O)C(=O)NCc1ccccn1. The van der Waals surface area contributed by atoms with Gasteiger partial charge in [-0.2, -0.15) is 0 Å². The topological polar surface area (TPSA) is 117 Å². The fourth-order valence-electron chi connectivity index (χ4n) is 3.85. The third-order valence-electron chi connectivity index (χ3n) is 5.82. The molecule has 1 aromatic carbocycles. The zero-order valence-corrected chi connectivity index (χ0v) is 19.3. The van der Waals surface area contributed by atoms with Crippen molar-refractivity contribution in [2.24, 2.45) is 5.92 Å². The van der Waals surface area contributed by atoms with Crippen LogP contribution < -0.4 is 16.0 Å². The van der Waals surface area contributed by atoms with Gasteiger partial charge in [-0.3, -0.25) is 24.2 Å². The average molecular weight is 487 g/mol. The lowest BCUT2D eigenvalue weighted by Gasteiger charge is -2.21. The molecule has 1 aliphatic carbocycles. The maximum absolute atomic E-state index is 13.4. The van der Waals surface area contributed by atoms with E-state index >= 15 is 0 Å². The second kappa shape index (κ2) is 11.6. The van der Waals surface area contributed by atoms with Crippen molar-refractivity contribution >= 4 is 23.5 Å². The first-order valence-electron chi connectivity index (χ1n) is 11.4. The third kappa shape index (κ3) is 7.66. The van der Waals surface area contributed by atoms with Gasteiger partial charge < -0.3 is 16.0 Å². The Labute approximate surface area is 201 Å². The van der Waals surface area contributed by atoms with Crippen molar-refractivity contribution < 1.29 is 28.0 Å². The molecule has 35 heavy (non-hydrogen) atoms. The largest absolute Gasteiger partial charge is 0.344 e. The van der Waals surface area contributed by atoms with E-state index in [0.29, 0.717) is 11.3 Å². The van der Waals surface area contributed by atoms with Gasteiger partial charge in [0.15, 0.2) is 0 Å². The van der Waals surface area contributed by atoms with Crippen LogP contribution in [0.4, 0.5) is 8.78 Å².